The Bertz CT molecular complexity index is 1010. The number of urea groups is 1. The number of amides is 3. The van der Waals surface area contributed by atoms with Gasteiger partial charge < -0.3 is 25.0 Å². The zero-order chi connectivity index (χ0) is 27.6. The van der Waals surface area contributed by atoms with Crippen LogP contribution in [0.2, 0.25) is 0 Å². The largest absolute Gasteiger partial charge is 0.416 e. The van der Waals surface area contributed by atoms with E-state index in [0.29, 0.717) is 43.1 Å². The molecule has 0 aliphatic heterocycles. The third-order valence-electron chi connectivity index (χ3n) is 4.82. The average molecular weight is 557 g/mol. The number of hydrogen-bond acceptors (Lipinski definition) is 6. The van der Waals surface area contributed by atoms with Crippen LogP contribution in [0.5, 0.6) is 0 Å². The summed E-state index contributed by atoms with van der Waals surface area (Å²) in [6, 6.07) is -0.112. The summed E-state index contributed by atoms with van der Waals surface area (Å²) >= 11 is 1.08. The van der Waals surface area contributed by atoms with Gasteiger partial charge in [0, 0.05) is 51.6 Å². The Morgan fingerprint density at radius 3 is 2.14 bits per heavy atom. The Morgan fingerprint density at radius 2 is 1.57 bits per heavy atom. The third-order valence-corrected chi connectivity index (χ3v) is 5.66. The van der Waals surface area contributed by atoms with Crippen LogP contribution in [-0.4, -0.2) is 62.3 Å². The number of aromatic nitrogens is 1. The molecule has 0 radical (unpaired) electrons. The first-order valence-electron chi connectivity index (χ1n) is 10.9. The molecule has 1 aromatic heterocycles. The number of hydrogen-bond donors (Lipinski definition) is 2. The van der Waals surface area contributed by atoms with Crippen molar-refractivity contribution in [3.8, 4) is 0 Å². The zero-order valence-electron chi connectivity index (χ0n) is 20.0. The molecule has 0 atom stereocenters. The number of nitrogens with zero attached hydrogens (tertiary/aromatic N) is 2. The predicted octanol–water partition coefficient (Wildman–Crippen LogP) is 5.02. The van der Waals surface area contributed by atoms with Gasteiger partial charge >= 0.3 is 18.4 Å². The number of carbonyl (C=O) groups excluding carboxylic acids is 2. The summed E-state index contributed by atoms with van der Waals surface area (Å²) in [6.07, 6.45) is -9.18. The van der Waals surface area contributed by atoms with Crippen LogP contribution in [0.25, 0.3) is 0 Å². The Balaban J connectivity index is 2.20. The van der Waals surface area contributed by atoms with Crippen LogP contribution in [0, 0.1) is 0 Å². The topological polar surface area (TPSA) is 92.8 Å². The van der Waals surface area contributed by atoms with E-state index >= 15 is 0 Å². The molecule has 15 heteroatoms. The van der Waals surface area contributed by atoms with Gasteiger partial charge in [0.15, 0.2) is 0 Å². The van der Waals surface area contributed by atoms with Gasteiger partial charge in [-0.2, -0.15) is 26.3 Å². The van der Waals surface area contributed by atoms with Crippen molar-refractivity contribution < 1.29 is 45.4 Å². The van der Waals surface area contributed by atoms with E-state index in [-0.39, 0.29) is 31.5 Å². The fraction of sp³-hybridized carbons (Fsp3) is 0.500. The van der Waals surface area contributed by atoms with Gasteiger partial charge in [0.05, 0.1) is 17.7 Å². The molecule has 3 amide bonds. The molecule has 206 valence electrons. The number of halogens is 6. The summed E-state index contributed by atoms with van der Waals surface area (Å²) in [5.41, 5.74) is -3.66. The Labute approximate surface area is 212 Å². The van der Waals surface area contributed by atoms with Crippen LogP contribution in [0.15, 0.2) is 23.6 Å². The molecule has 8 nitrogen and oxygen atoms in total. The smallest absolute Gasteiger partial charge is 0.385 e. The van der Waals surface area contributed by atoms with Crippen molar-refractivity contribution in [1.82, 2.24) is 15.2 Å². The van der Waals surface area contributed by atoms with Crippen LogP contribution in [0.1, 0.15) is 39.5 Å². The molecule has 0 saturated heterocycles. The maximum Gasteiger partial charge on any atom is 0.416 e. The first-order chi connectivity index (χ1) is 17.3. The highest BCUT2D eigenvalue weighted by molar-refractivity contribution is 7.09. The summed E-state index contributed by atoms with van der Waals surface area (Å²) in [5.74, 6) is -0.433. The van der Waals surface area contributed by atoms with Gasteiger partial charge in [-0.3, -0.25) is 4.79 Å². The highest BCUT2D eigenvalue weighted by atomic mass is 32.1. The molecule has 0 aliphatic carbocycles. The minimum Gasteiger partial charge on any atom is -0.385 e. The Kier molecular flexibility index (Phi) is 11.1. The molecule has 0 unspecified atom stereocenters. The van der Waals surface area contributed by atoms with Crippen molar-refractivity contribution in [3.05, 3.63) is 45.4 Å². The van der Waals surface area contributed by atoms with Crippen molar-refractivity contribution in [3.63, 3.8) is 0 Å². The second kappa shape index (κ2) is 13.6. The molecule has 0 fully saturated rings. The van der Waals surface area contributed by atoms with E-state index in [1.165, 1.54) is 19.6 Å². The van der Waals surface area contributed by atoms with E-state index in [0.717, 1.165) is 16.2 Å². The lowest BCUT2D eigenvalue weighted by Crippen LogP contribution is -2.36. The number of benzene rings is 1. The zero-order valence-corrected chi connectivity index (χ0v) is 20.8. The molecule has 1 aromatic carbocycles. The molecule has 2 aromatic rings. The number of ether oxygens (including phenoxy) is 2. The molecule has 1 heterocycles. The van der Waals surface area contributed by atoms with Crippen LogP contribution < -0.4 is 10.6 Å². The van der Waals surface area contributed by atoms with Crippen molar-refractivity contribution in [2.75, 3.05) is 45.8 Å². The second-order valence-electron chi connectivity index (χ2n) is 7.72. The van der Waals surface area contributed by atoms with E-state index in [1.54, 1.807) is 0 Å². The van der Waals surface area contributed by atoms with Gasteiger partial charge in [-0.05, 0) is 31.0 Å². The molecule has 0 saturated carbocycles. The highest BCUT2D eigenvalue weighted by Gasteiger charge is 2.37. The highest BCUT2D eigenvalue weighted by Crippen LogP contribution is 2.37. The fourth-order valence-electron chi connectivity index (χ4n) is 3.04. The lowest BCUT2D eigenvalue weighted by molar-refractivity contribution is -0.143. The minimum absolute atomic E-state index is 0.0244. The standard InChI is InChI=1S/C22H26F6N4O4S/c1-35-7-3-5-29-19(33)17-13-37-18(31-17)12-32(6-4-8-36-2)20(34)30-16-10-14(21(23,24)25)9-15(11-16)22(26,27)28/h9-11,13H,3-8,12H2,1-2H3,(H,29,33)(H,30,34). The molecule has 0 bridgehead atoms. The summed E-state index contributed by atoms with van der Waals surface area (Å²) < 4.78 is 88.8. The van der Waals surface area contributed by atoms with E-state index in [4.69, 9.17) is 9.47 Å². The number of thiazole rings is 1. The van der Waals surface area contributed by atoms with E-state index in [2.05, 4.69) is 15.6 Å². The number of rotatable bonds is 12. The maximum absolute atomic E-state index is 13.2. The maximum atomic E-state index is 13.2. The van der Waals surface area contributed by atoms with Gasteiger partial charge in [-0.15, -0.1) is 11.3 Å². The van der Waals surface area contributed by atoms with Crippen LogP contribution >= 0.6 is 11.3 Å². The minimum atomic E-state index is -5.06. The predicted molar refractivity (Wildman–Crippen MR) is 123 cm³/mol. The normalized spacial score (nSPS) is 11.9. The van der Waals surface area contributed by atoms with Crippen molar-refractivity contribution >= 4 is 29.0 Å². The molecule has 0 spiro atoms. The SMILES string of the molecule is COCCCNC(=O)c1csc(CN(CCCOC)C(=O)Nc2cc(C(F)(F)F)cc(C(F)(F)F)c2)n1. The molecular weight excluding hydrogens is 530 g/mol. The van der Waals surface area contributed by atoms with Crippen molar-refractivity contribution in [1.29, 1.82) is 0 Å². The van der Waals surface area contributed by atoms with Crippen LogP contribution in [-0.2, 0) is 28.4 Å². The van der Waals surface area contributed by atoms with Gasteiger partial charge in [-0.1, -0.05) is 0 Å². The van der Waals surface area contributed by atoms with Gasteiger partial charge in [0.25, 0.3) is 5.91 Å². The van der Waals surface area contributed by atoms with Crippen molar-refractivity contribution in [2.45, 2.75) is 31.7 Å². The number of carbonyl (C=O) groups is 2. The van der Waals surface area contributed by atoms with Crippen LogP contribution in [0.4, 0.5) is 36.8 Å². The van der Waals surface area contributed by atoms with Crippen molar-refractivity contribution in [2.24, 2.45) is 0 Å². The lowest BCUT2D eigenvalue weighted by Gasteiger charge is -2.23. The number of nitrogens with one attached hydrogen (secondary N) is 2. The van der Waals surface area contributed by atoms with E-state index in [1.807, 2.05) is 0 Å². The summed E-state index contributed by atoms with van der Waals surface area (Å²) in [4.78, 5) is 30.4. The third kappa shape index (κ3) is 9.81. The molecule has 0 aliphatic rings. The summed E-state index contributed by atoms with van der Waals surface area (Å²) in [6.45, 7) is 0.996. The fourth-order valence-corrected chi connectivity index (χ4v) is 3.83. The van der Waals surface area contributed by atoms with Gasteiger partial charge in [0.2, 0.25) is 0 Å². The molecule has 2 N–H and O–H groups in total. The van der Waals surface area contributed by atoms with E-state index < -0.39 is 41.1 Å². The second-order valence-corrected chi connectivity index (χ2v) is 8.66. The monoisotopic (exact) mass is 556 g/mol. The summed E-state index contributed by atoms with van der Waals surface area (Å²) in [7, 11) is 2.97. The molecule has 2 rings (SSSR count). The number of anilines is 1. The Hall–Kier alpha value is -2.91. The summed E-state index contributed by atoms with van der Waals surface area (Å²) in [5, 5.41) is 6.60. The first-order valence-corrected chi connectivity index (χ1v) is 11.8. The first kappa shape index (κ1) is 30.3. The van der Waals surface area contributed by atoms with Crippen LogP contribution in [0.3, 0.4) is 0 Å². The average Bonchev–Trinajstić information content (AvgIpc) is 3.28. The molecule has 37 heavy (non-hydrogen) atoms. The molecular formula is C22H26F6N4O4S. The lowest BCUT2D eigenvalue weighted by atomic mass is 10.1. The van der Waals surface area contributed by atoms with E-state index in [9.17, 15) is 35.9 Å². The quantitative estimate of drug-likeness (QED) is 0.283. The number of methoxy groups -OCH3 is 2. The number of alkyl halides is 6. The van der Waals surface area contributed by atoms with Gasteiger partial charge in [-0.25, -0.2) is 9.78 Å². The van der Waals surface area contributed by atoms with Gasteiger partial charge in [0.1, 0.15) is 10.7 Å². The Morgan fingerprint density at radius 1 is 0.973 bits per heavy atom.